The van der Waals surface area contributed by atoms with Gasteiger partial charge < -0.3 is 10.5 Å². The molecule has 0 amide bonds. The van der Waals surface area contributed by atoms with Crippen LogP contribution in [0.5, 0.6) is 11.5 Å². The molecule has 0 saturated carbocycles. The number of hydrogen-bond acceptors (Lipinski definition) is 3. The Bertz CT molecular complexity index is 534. The van der Waals surface area contributed by atoms with Crippen LogP contribution in [0.2, 0.25) is 5.02 Å². The molecule has 17 heavy (non-hydrogen) atoms. The minimum absolute atomic E-state index is 0.0193. The lowest BCUT2D eigenvalue weighted by atomic mass is 10.2. The summed E-state index contributed by atoms with van der Waals surface area (Å²) in [6, 6.07) is 5.86. The normalized spacial score (nSPS) is 10.3. The van der Waals surface area contributed by atoms with Gasteiger partial charge in [-0.15, -0.1) is 0 Å². The van der Waals surface area contributed by atoms with Gasteiger partial charge in [-0.3, -0.25) is 4.98 Å². The fraction of sp³-hybridized carbons (Fsp3) is 0.0833. The van der Waals surface area contributed by atoms with E-state index >= 15 is 0 Å². The van der Waals surface area contributed by atoms with Gasteiger partial charge in [-0.1, -0.05) is 11.6 Å². The number of benzene rings is 1. The summed E-state index contributed by atoms with van der Waals surface area (Å²) in [6.45, 7) is 0.318. The van der Waals surface area contributed by atoms with E-state index in [4.69, 9.17) is 22.1 Å². The molecule has 0 radical (unpaired) electrons. The largest absolute Gasteiger partial charge is 0.457 e. The van der Waals surface area contributed by atoms with Crippen LogP contribution < -0.4 is 10.5 Å². The topological polar surface area (TPSA) is 48.1 Å². The summed E-state index contributed by atoms with van der Waals surface area (Å²) in [4.78, 5) is 3.94. The van der Waals surface area contributed by atoms with E-state index in [2.05, 4.69) is 4.98 Å². The Labute approximate surface area is 103 Å². The fourth-order valence-corrected chi connectivity index (χ4v) is 1.51. The first-order valence-electron chi connectivity index (χ1n) is 4.96. The Balaban J connectivity index is 2.28. The maximum Gasteiger partial charge on any atom is 0.142 e. The third kappa shape index (κ3) is 2.72. The Morgan fingerprint density at radius 3 is 2.88 bits per heavy atom. The molecule has 0 atom stereocenters. The van der Waals surface area contributed by atoms with E-state index in [1.54, 1.807) is 18.5 Å². The van der Waals surface area contributed by atoms with E-state index < -0.39 is 5.82 Å². The van der Waals surface area contributed by atoms with E-state index in [-0.39, 0.29) is 5.02 Å². The van der Waals surface area contributed by atoms with E-state index in [9.17, 15) is 4.39 Å². The smallest absolute Gasteiger partial charge is 0.142 e. The highest BCUT2D eigenvalue weighted by molar-refractivity contribution is 6.30. The van der Waals surface area contributed by atoms with E-state index in [0.717, 1.165) is 5.56 Å². The predicted molar refractivity (Wildman–Crippen MR) is 63.6 cm³/mol. The Morgan fingerprint density at radius 2 is 2.18 bits per heavy atom. The summed E-state index contributed by atoms with van der Waals surface area (Å²) in [5.74, 6) is 0.565. The van der Waals surface area contributed by atoms with Gasteiger partial charge in [-0.2, -0.15) is 0 Å². The molecule has 3 nitrogen and oxygen atoms in total. The second kappa shape index (κ2) is 5.12. The van der Waals surface area contributed by atoms with Crippen LogP contribution in [0.25, 0.3) is 0 Å². The van der Waals surface area contributed by atoms with Gasteiger partial charge >= 0.3 is 0 Å². The number of hydrogen-bond donors (Lipinski definition) is 1. The van der Waals surface area contributed by atoms with Gasteiger partial charge in [0, 0.05) is 30.6 Å². The molecule has 1 aromatic carbocycles. The van der Waals surface area contributed by atoms with Crippen LogP contribution in [0.3, 0.4) is 0 Å². The number of ether oxygens (including phenoxy) is 1. The quantitative estimate of drug-likeness (QED) is 0.913. The average molecular weight is 253 g/mol. The summed E-state index contributed by atoms with van der Waals surface area (Å²) < 4.78 is 18.5. The number of nitrogens with two attached hydrogens (primary N) is 1. The summed E-state index contributed by atoms with van der Waals surface area (Å²) in [6.07, 6.45) is 3.22. The van der Waals surface area contributed by atoms with Crippen molar-refractivity contribution in [3.63, 3.8) is 0 Å². The van der Waals surface area contributed by atoms with Gasteiger partial charge in [-0.25, -0.2) is 4.39 Å². The minimum atomic E-state index is -0.479. The molecule has 5 heteroatoms. The molecule has 0 bridgehead atoms. The SMILES string of the molecule is NCc1cnccc1Oc1ccc(F)c(Cl)c1. The molecule has 2 rings (SSSR count). The molecular weight excluding hydrogens is 243 g/mol. The summed E-state index contributed by atoms with van der Waals surface area (Å²) in [5.41, 5.74) is 6.32. The first-order chi connectivity index (χ1) is 8.20. The molecule has 0 saturated heterocycles. The first kappa shape index (κ1) is 11.8. The molecule has 88 valence electrons. The van der Waals surface area contributed by atoms with Gasteiger partial charge in [0.15, 0.2) is 0 Å². The van der Waals surface area contributed by atoms with E-state index in [1.165, 1.54) is 18.2 Å². The molecule has 1 heterocycles. The molecule has 2 N–H and O–H groups in total. The highest BCUT2D eigenvalue weighted by Crippen LogP contribution is 2.27. The monoisotopic (exact) mass is 252 g/mol. The van der Waals surface area contributed by atoms with Crippen molar-refractivity contribution in [1.29, 1.82) is 0 Å². The van der Waals surface area contributed by atoms with Crippen molar-refractivity contribution in [2.24, 2.45) is 5.73 Å². The van der Waals surface area contributed by atoms with Crippen molar-refractivity contribution in [3.05, 3.63) is 53.1 Å². The van der Waals surface area contributed by atoms with Crippen molar-refractivity contribution < 1.29 is 9.13 Å². The van der Waals surface area contributed by atoms with Crippen LogP contribution in [-0.2, 0) is 6.54 Å². The zero-order chi connectivity index (χ0) is 12.3. The molecule has 0 aliphatic heterocycles. The lowest BCUT2D eigenvalue weighted by molar-refractivity contribution is 0.473. The van der Waals surface area contributed by atoms with E-state index in [0.29, 0.717) is 18.0 Å². The Hall–Kier alpha value is -1.65. The molecule has 0 fully saturated rings. The van der Waals surface area contributed by atoms with Gasteiger partial charge in [0.1, 0.15) is 17.3 Å². The third-order valence-electron chi connectivity index (χ3n) is 2.20. The summed E-state index contributed by atoms with van der Waals surface area (Å²) >= 11 is 5.66. The van der Waals surface area contributed by atoms with E-state index in [1.807, 2.05) is 0 Å². The second-order valence-corrected chi connectivity index (χ2v) is 3.77. The van der Waals surface area contributed by atoms with Crippen molar-refractivity contribution >= 4 is 11.6 Å². The van der Waals surface area contributed by atoms with Gasteiger partial charge in [0.25, 0.3) is 0 Å². The van der Waals surface area contributed by atoms with Crippen molar-refractivity contribution in [1.82, 2.24) is 4.98 Å². The summed E-state index contributed by atoms with van der Waals surface area (Å²) in [5, 5.41) is 0.0193. The zero-order valence-electron chi connectivity index (χ0n) is 8.86. The third-order valence-corrected chi connectivity index (χ3v) is 2.49. The van der Waals surface area contributed by atoms with Crippen LogP contribution >= 0.6 is 11.6 Å². The number of halogens is 2. The minimum Gasteiger partial charge on any atom is -0.457 e. The van der Waals surface area contributed by atoms with Crippen LogP contribution in [-0.4, -0.2) is 4.98 Å². The van der Waals surface area contributed by atoms with Crippen LogP contribution in [0.15, 0.2) is 36.7 Å². The Morgan fingerprint density at radius 1 is 1.35 bits per heavy atom. The number of pyridine rings is 1. The highest BCUT2D eigenvalue weighted by Gasteiger charge is 2.06. The lowest BCUT2D eigenvalue weighted by Gasteiger charge is -2.09. The maximum absolute atomic E-state index is 13.0. The lowest BCUT2D eigenvalue weighted by Crippen LogP contribution is -2.00. The van der Waals surface area contributed by atoms with Crippen molar-refractivity contribution in [2.45, 2.75) is 6.54 Å². The molecule has 0 unspecified atom stereocenters. The van der Waals surface area contributed by atoms with Crippen LogP contribution in [0.4, 0.5) is 4.39 Å². The molecule has 1 aromatic heterocycles. The van der Waals surface area contributed by atoms with Crippen molar-refractivity contribution in [3.8, 4) is 11.5 Å². The van der Waals surface area contributed by atoms with Crippen LogP contribution in [0.1, 0.15) is 5.56 Å². The average Bonchev–Trinajstić information content (AvgIpc) is 2.34. The molecule has 0 aliphatic carbocycles. The van der Waals surface area contributed by atoms with Crippen molar-refractivity contribution in [2.75, 3.05) is 0 Å². The summed E-state index contributed by atoms with van der Waals surface area (Å²) in [7, 11) is 0. The van der Waals surface area contributed by atoms with Gasteiger partial charge in [0.05, 0.1) is 5.02 Å². The number of aromatic nitrogens is 1. The Kier molecular flexibility index (Phi) is 3.56. The molecule has 0 spiro atoms. The molecule has 0 aliphatic rings. The van der Waals surface area contributed by atoms with Crippen LogP contribution in [0, 0.1) is 5.82 Å². The number of rotatable bonds is 3. The van der Waals surface area contributed by atoms with Gasteiger partial charge in [-0.05, 0) is 18.2 Å². The fourth-order valence-electron chi connectivity index (χ4n) is 1.33. The molecule has 2 aromatic rings. The second-order valence-electron chi connectivity index (χ2n) is 3.37. The zero-order valence-corrected chi connectivity index (χ0v) is 9.62. The first-order valence-corrected chi connectivity index (χ1v) is 5.34. The standard InChI is InChI=1S/C12H10ClFN2O/c13-10-5-9(1-2-11(10)14)17-12-3-4-16-7-8(12)6-15/h1-5,7H,6,15H2. The maximum atomic E-state index is 13.0. The highest BCUT2D eigenvalue weighted by atomic mass is 35.5. The van der Waals surface area contributed by atoms with Gasteiger partial charge in [0.2, 0.25) is 0 Å². The molecular formula is C12H10ClFN2O. The number of nitrogens with zero attached hydrogens (tertiary/aromatic N) is 1. The predicted octanol–water partition coefficient (Wildman–Crippen LogP) is 3.13.